The summed E-state index contributed by atoms with van der Waals surface area (Å²) in [5, 5.41) is 3.54. The van der Waals surface area contributed by atoms with E-state index in [-0.39, 0.29) is 6.10 Å². The normalized spacial score (nSPS) is 23.5. The van der Waals surface area contributed by atoms with Crippen LogP contribution in [0.15, 0.2) is 5.11 Å². The van der Waals surface area contributed by atoms with Crippen LogP contribution in [0.4, 0.5) is 0 Å². The summed E-state index contributed by atoms with van der Waals surface area (Å²) >= 11 is 0. The van der Waals surface area contributed by atoms with Gasteiger partial charge in [-0.1, -0.05) is 19.0 Å². The molecule has 5 nitrogen and oxygen atoms in total. The molecular formula is C9H18N4O. The zero-order chi connectivity index (χ0) is 10.4. The fourth-order valence-corrected chi connectivity index (χ4v) is 1.70. The van der Waals surface area contributed by atoms with E-state index in [1.807, 2.05) is 0 Å². The second kappa shape index (κ2) is 5.86. The summed E-state index contributed by atoms with van der Waals surface area (Å²) < 4.78 is 5.49. The summed E-state index contributed by atoms with van der Waals surface area (Å²) in [7, 11) is 0. The van der Waals surface area contributed by atoms with Crippen LogP contribution in [0, 0.1) is 5.92 Å². The van der Waals surface area contributed by atoms with Crippen LogP contribution in [0.3, 0.4) is 0 Å². The van der Waals surface area contributed by atoms with Crippen molar-refractivity contribution >= 4 is 0 Å². The first-order valence-corrected chi connectivity index (χ1v) is 5.07. The van der Waals surface area contributed by atoms with Gasteiger partial charge in [-0.25, -0.2) is 0 Å². The van der Waals surface area contributed by atoms with E-state index >= 15 is 0 Å². The highest BCUT2D eigenvalue weighted by atomic mass is 16.5. The van der Waals surface area contributed by atoms with Crippen LogP contribution >= 0.6 is 0 Å². The van der Waals surface area contributed by atoms with E-state index in [4.69, 9.17) is 10.3 Å². The lowest BCUT2D eigenvalue weighted by molar-refractivity contribution is -0.0263. The summed E-state index contributed by atoms with van der Waals surface area (Å²) in [6.07, 6.45) is 0.0819. The lowest BCUT2D eigenvalue weighted by Crippen LogP contribution is -2.45. The average molecular weight is 198 g/mol. The topological polar surface area (TPSA) is 61.2 Å². The van der Waals surface area contributed by atoms with Gasteiger partial charge in [0.15, 0.2) is 0 Å². The van der Waals surface area contributed by atoms with Crippen LogP contribution < -0.4 is 0 Å². The van der Waals surface area contributed by atoms with Crippen LogP contribution in [0.5, 0.6) is 0 Å². The molecule has 0 bridgehead atoms. The third-order valence-electron chi connectivity index (χ3n) is 2.19. The number of nitrogens with zero attached hydrogens (tertiary/aromatic N) is 4. The monoisotopic (exact) mass is 198 g/mol. The van der Waals surface area contributed by atoms with Crippen LogP contribution in [-0.4, -0.2) is 43.8 Å². The van der Waals surface area contributed by atoms with E-state index in [9.17, 15) is 0 Å². The Labute approximate surface area is 84.7 Å². The highest BCUT2D eigenvalue weighted by Crippen LogP contribution is 2.08. The molecule has 0 N–H and O–H groups in total. The van der Waals surface area contributed by atoms with Crippen molar-refractivity contribution in [3.8, 4) is 0 Å². The maximum Gasteiger partial charge on any atom is 0.0758 e. The Bertz CT molecular complexity index is 213. The number of hydrogen-bond acceptors (Lipinski definition) is 3. The zero-order valence-electron chi connectivity index (χ0n) is 8.89. The number of morpholine rings is 1. The molecule has 1 aliphatic heterocycles. The van der Waals surface area contributed by atoms with Gasteiger partial charge in [0.05, 0.1) is 19.3 Å². The number of ether oxygens (including phenoxy) is 1. The molecule has 0 saturated carbocycles. The van der Waals surface area contributed by atoms with Gasteiger partial charge in [-0.15, -0.1) is 0 Å². The maximum atomic E-state index is 8.20. The Morgan fingerprint density at radius 1 is 1.64 bits per heavy atom. The highest BCUT2D eigenvalue weighted by molar-refractivity contribution is 4.74. The summed E-state index contributed by atoms with van der Waals surface area (Å²) in [6.45, 7) is 8.58. The summed E-state index contributed by atoms with van der Waals surface area (Å²) in [4.78, 5) is 5.11. The second-order valence-electron chi connectivity index (χ2n) is 4.06. The molecule has 1 heterocycles. The first kappa shape index (κ1) is 11.3. The van der Waals surface area contributed by atoms with Gasteiger partial charge in [0, 0.05) is 24.5 Å². The lowest BCUT2D eigenvalue weighted by atomic mass is 10.2. The Balaban J connectivity index is 2.31. The van der Waals surface area contributed by atoms with Crippen molar-refractivity contribution in [2.75, 3.05) is 32.8 Å². The van der Waals surface area contributed by atoms with Gasteiger partial charge in [0.25, 0.3) is 0 Å². The standard InChI is InChI=1S/C9H18N4O/c1-8(2)6-13-3-4-14-9(7-13)5-11-12-10/h8-9H,3-7H2,1-2H3/t9-/m0/s1. The van der Waals surface area contributed by atoms with E-state index in [1.54, 1.807) is 0 Å². The predicted molar refractivity (Wildman–Crippen MR) is 55.0 cm³/mol. The fraction of sp³-hybridized carbons (Fsp3) is 1.00. The molecule has 1 fully saturated rings. The molecule has 1 aliphatic rings. The van der Waals surface area contributed by atoms with E-state index in [0.29, 0.717) is 12.5 Å². The highest BCUT2D eigenvalue weighted by Gasteiger charge is 2.19. The first-order valence-electron chi connectivity index (χ1n) is 5.07. The minimum Gasteiger partial charge on any atom is -0.375 e. The predicted octanol–water partition coefficient (Wildman–Crippen LogP) is 1.65. The molecule has 0 spiro atoms. The molecule has 1 saturated heterocycles. The molecule has 0 aromatic carbocycles. The molecule has 0 amide bonds. The molecule has 0 radical (unpaired) electrons. The Morgan fingerprint density at radius 2 is 2.43 bits per heavy atom. The van der Waals surface area contributed by atoms with Crippen LogP contribution in [0.1, 0.15) is 13.8 Å². The Hall–Kier alpha value is -0.770. The van der Waals surface area contributed by atoms with Crippen LogP contribution in [-0.2, 0) is 4.74 Å². The smallest absolute Gasteiger partial charge is 0.0758 e. The van der Waals surface area contributed by atoms with Gasteiger partial charge in [-0.2, -0.15) is 0 Å². The Kier molecular flexibility index (Phi) is 4.73. The molecule has 5 heteroatoms. The minimum absolute atomic E-state index is 0.0819. The van der Waals surface area contributed by atoms with Gasteiger partial charge in [-0.05, 0) is 11.4 Å². The summed E-state index contributed by atoms with van der Waals surface area (Å²) in [5.41, 5.74) is 8.20. The van der Waals surface area contributed by atoms with E-state index in [2.05, 4.69) is 28.8 Å². The van der Waals surface area contributed by atoms with Gasteiger partial charge < -0.3 is 4.74 Å². The van der Waals surface area contributed by atoms with E-state index in [1.165, 1.54) is 0 Å². The van der Waals surface area contributed by atoms with Crippen molar-refractivity contribution in [3.05, 3.63) is 10.4 Å². The van der Waals surface area contributed by atoms with E-state index < -0.39 is 0 Å². The molecule has 1 atom stereocenters. The largest absolute Gasteiger partial charge is 0.375 e. The summed E-state index contributed by atoms with van der Waals surface area (Å²) in [5.74, 6) is 0.674. The molecule has 14 heavy (non-hydrogen) atoms. The number of hydrogen-bond donors (Lipinski definition) is 0. The first-order chi connectivity index (χ1) is 6.72. The van der Waals surface area contributed by atoms with Crippen LogP contribution in [0.2, 0.25) is 0 Å². The third kappa shape index (κ3) is 3.96. The van der Waals surface area contributed by atoms with Crippen molar-refractivity contribution in [2.24, 2.45) is 11.0 Å². The molecule has 0 aromatic rings. The number of rotatable bonds is 4. The summed E-state index contributed by atoms with van der Waals surface area (Å²) in [6, 6.07) is 0. The third-order valence-corrected chi connectivity index (χ3v) is 2.19. The SMILES string of the molecule is CC(C)CN1CCO[C@@H](CN=[N+]=[N-])C1. The molecule has 0 aromatic heterocycles. The van der Waals surface area contributed by atoms with Crippen molar-refractivity contribution in [3.63, 3.8) is 0 Å². The van der Waals surface area contributed by atoms with E-state index in [0.717, 1.165) is 26.2 Å². The Morgan fingerprint density at radius 3 is 3.07 bits per heavy atom. The van der Waals surface area contributed by atoms with Gasteiger partial charge >= 0.3 is 0 Å². The van der Waals surface area contributed by atoms with Gasteiger partial charge in [-0.3, -0.25) is 4.90 Å². The lowest BCUT2D eigenvalue weighted by Gasteiger charge is -2.33. The van der Waals surface area contributed by atoms with Gasteiger partial charge in [0.1, 0.15) is 0 Å². The zero-order valence-corrected chi connectivity index (χ0v) is 8.89. The fourth-order valence-electron chi connectivity index (χ4n) is 1.70. The van der Waals surface area contributed by atoms with Crippen molar-refractivity contribution in [1.82, 2.24) is 4.90 Å². The maximum absolute atomic E-state index is 8.20. The second-order valence-corrected chi connectivity index (χ2v) is 4.06. The molecular weight excluding hydrogens is 180 g/mol. The average Bonchev–Trinajstić information content (AvgIpc) is 2.14. The van der Waals surface area contributed by atoms with Gasteiger partial charge in [0.2, 0.25) is 0 Å². The molecule has 80 valence electrons. The van der Waals surface area contributed by atoms with Crippen molar-refractivity contribution < 1.29 is 4.74 Å². The quantitative estimate of drug-likeness (QED) is 0.392. The molecule has 0 unspecified atom stereocenters. The minimum atomic E-state index is 0.0819. The molecule has 0 aliphatic carbocycles. The van der Waals surface area contributed by atoms with Crippen molar-refractivity contribution in [2.45, 2.75) is 20.0 Å². The molecule has 1 rings (SSSR count). The van der Waals surface area contributed by atoms with Crippen molar-refractivity contribution in [1.29, 1.82) is 0 Å². The van der Waals surface area contributed by atoms with Crippen LogP contribution in [0.25, 0.3) is 10.4 Å². The number of azide groups is 1.